The lowest BCUT2D eigenvalue weighted by molar-refractivity contribution is 0.101. The molecule has 3 heterocycles. The van der Waals surface area contributed by atoms with E-state index in [4.69, 9.17) is 0 Å². The van der Waals surface area contributed by atoms with Gasteiger partial charge in [0.25, 0.3) is 5.91 Å². The van der Waals surface area contributed by atoms with Crippen molar-refractivity contribution in [3.8, 4) is 5.69 Å². The number of hydrogen-bond acceptors (Lipinski definition) is 3. The van der Waals surface area contributed by atoms with Gasteiger partial charge in [-0.25, -0.2) is 4.68 Å². The van der Waals surface area contributed by atoms with Crippen LogP contribution < -0.4 is 5.32 Å². The van der Waals surface area contributed by atoms with Gasteiger partial charge in [0.2, 0.25) is 0 Å². The second kappa shape index (κ2) is 5.98. The van der Waals surface area contributed by atoms with Gasteiger partial charge in [-0.3, -0.25) is 4.79 Å². The molecule has 1 amide bonds. The minimum absolute atomic E-state index is 0.0907. The second-order valence-electron chi connectivity index (χ2n) is 5.40. The Kier molecular flexibility index (Phi) is 3.66. The molecule has 0 aliphatic rings. The molecule has 0 radical (unpaired) electrons. The number of fused-ring (bicyclic) bond motifs is 1. The molecule has 24 heavy (non-hydrogen) atoms. The second-order valence-corrected chi connectivity index (χ2v) is 6.34. The maximum Gasteiger partial charge on any atom is 0.272 e. The number of nitrogens with zero attached hydrogens (tertiary/aromatic N) is 3. The zero-order chi connectivity index (χ0) is 16.5. The van der Waals surface area contributed by atoms with Gasteiger partial charge in [0.05, 0.1) is 15.9 Å². The average molecular weight is 336 g/mol. The van der Waals surface area contributed by atoms with Gasteiger partial charge >= 0.3 is 0 Å². The predicted octanol–water partition coefficient (Wildman–Crippen LogP) is 4.16. The number of nitrogens with one attached hydrogen (secondary N) is 1. The van der Waals surface area contributed by atoms with Gasteiger partial charge in [0, 0.05) is 24.6 Å². The fraction of sp³-hybridized carbons (Fsp3) is 0.111. The minimum atomic E-state index is -0.0907. The number of thiophene rings is 1. The first-order valence-corrected chi connectivity index (χ1v) is 8.62. The zero-order valence-electron chi connectivity index (χ0n) is 13.1. The minimum Gasteiger partial charge on any atom is -0.336 e. The molecule has 4 rings (SSSR count). The van der Waals surface area contributed by atoms with Crippen molar-refractivity contribution >= 4 is 33.1 Å². The maximum atomic E-state index is 12.6. The van der Waals surface area contributed by atoms with E-state index in [9.17, 15) is 4.79 Å². The first-order chi connectivity index (χ1) is 11.8. The van der Waals surface area contributed by atoms with Gasteiger partial charge in [-0.05, 0) is 54.8 Å². The molecule has 0 aliphatic heterocycles. The summed E-state index contributed by atoms with van der Waals surface area (Å²) in [6.45, 7) is 2.81. The molecule has 0 saturated heterocycles. The zero-order valence-corrected chi connectivity index (χ0v) is 14.0. The van der Waals surface area contributed by atoms with Crippen LogP contribution in [0, 0.1) is 0 Å². The lowest BCUT2D eigenvalue weighted by Gasteiger charge is -2.09. The Morgan fingerprint density at radius 1 is 1.25 bits per heavy atom. The SMILES string of the molecule is CCn1c(C(=O)Nc2ccc(-n3cccn3)cc2)cc2sccc21. The van der Waals surface area contributed by atoms with Gasteiger partial charge in [-0.1, -0.05) is 0 Å². The van der Waals surface area contributed by atoms with Crippen LogP contribution in [0.2, 0.25) is 0 Å². The number of benzene rings is 1. The summed E-state index contributed by atoms with van der Waals surface area (Å²) in [5.41, 5.74) is 3.52. The summed E-state index contributed by atoms with van der Waals surface area (Å²) < 4.78 is 4.96. The van der Waals surface area contributed by atoms with E-state index in [1.54, 1.807) is 22.2 Å². The van der Waals surface area contributed by atoms with Crippen LogP contribution in [0.3, 0.4) is 0 Å². The van der Waals surface area contributed by atoms with Crippen molar-refractivity contribution in [2.45, 2.75) is 13.5 Å². The Balaban J connectivity index is 1.58. The Bertz CT molecular complexity index is 980. The normalized spacial score (nSPS) is 11.0. The van der Waals surface area contributed by atoms with E-state index in [2.05, 4.69) is 16.5 Å². The van der Waals surface area contributed by atoms with Gasteiger partial charge in [-0.2, -0.15) is 5.10 Å². The van der Waals surface area contributed by atoms with E-state index in [0.717, 1.165) is 28.1 Å². The smallest absolute Gasteiger partial charge is 0.272 e. The highest BCUT2D eigenvalue weighted by molar-refractivity contribution is 7.17. The summed E-state index contributed by atoms with van der Waals surface area (Å²) in [5, 5.41) is 9.21. The lowest BCUT2D eigenvalue weighted by Crippen LogP contribution is -2.16. The van der Waals surface area contributed by atoms with E-state index >= 15 is 0 Å². The lowest BCUT2D eigenvalue weighted by atomic mass is 10.2. The van der Waals surface area contributed by atoms with Crippen molar-refractivity contribution in [3.05, 3.63) is 65.9 Å². The first kappa shape index (κ1) is 14.7. The number of carbonyl (C=O) groups excluding carboxylic acids is 1. The quantitative estimate of drug-likeness (QED) is 0.608. The van der Waals surface area contributed by atoms with Crippen molar-refractivity contribution in [2.24, 2.45) is 0 Å². The molecular weight excluding hydrogens is 320 g/mol. The van der Waals surface area contributed by atoms with Gasteiger partial charge in [-0.15, -0.1) is 11.3 Å². The van der Waals surface area contributed by atoms with Gasteiger partial charge in [0.15, 0.2) is 0 Å². The molecule has 4 aromatic rings. The Morgan fingerprint density at radius 3 is 2.79 bits per heavy atom. The van der Waals surface area contributed by atoms with Crippen LogP contribution in [0.25, 0.3) is 15.9 Å². The third-order valence-electron chi connectivity index (χ3n) is 3.97. The largest absolute Gasteiger partial charge is 0.336 e. The standard InChI is InChI=1S/C18H16N4OS/c1-2-21-15-8-11-24-17(15)12-16(21)18(23)20-13-4-6-14(7-5-13)22-10-3-9-19-22/h3-12H,2H2,1H3,(H,20,23). The predicted molar refractivity (Wildman–Crippen MR) is 97.0 cm³/mol. The van der Waals surface area contributed by atoms with E-state index in [1.807, 2.05) is 59.5 Å². The van der Waals surface area contributed by atoms with Gasteiger partial charge in [0.1, 0.15) is 5.69 Å². The molecule has 5 nitrogen and oxygen atoms in total. The number of rotatable bonds is 4. The molecular formula is C18H16N4OS. The number of hydrogen-bond donors (Lipinski definition) is 1. The third kappa shape index (κ3) is 2.51. The Morgan fingerprint density at radius 2 is 2.08 bits per heavy atom. The highest BCUT2D eigenvalue weighted by atomic mass is 32.1. The summed E-state index contributed by atoms with van der Waals surface area (Å²) in [6, 6.07) is 13.5. The summed E-state index contributed by atoms with van der Waals surface area (Å²) in [7, 11) is 0. The molecule has 1 N–H and O–H groups in total. The fourth-order valence-electron chi connectivity index (χ4n) is 2.82. The van der Waals surface area contributed by atoms with Crippen molar-refractivity contribution in [3.63, 3.8) is 0 Å². The van der Waals surface area contributed by atoms with Crippen molar-refractivity contribution < 1.29 is 4.79 Å². The topological polar surface area (TPSA) is 51.9 Å². The van der Waals surface area contributed by atoms with Crippen LogP contribution in [0.4, 0.5) is 5.69 Å². The average Bonchev–Trinajstić information content (AvgIpc) is 3.32. The van der Waals surface area contributed by atoms with Crippen LogP contribution in [0.1, 0.15) is 17.4 Å². The number of anilines is 1. The Hall–Kier alpha value is -2.86. The summed E-state index contributed by atoms with van der Waals surface area (Å²) in [6.07, 6.45) is 3.62. The molecule has 120 valence electrons. The number of aromatic nitrogens is 3. The monoisotopic (exact) mass is 336 g/mol. The molecule has 0 saturated carbocycles. The van der Waals surface area contributed by atoms with Gasteiger partial charge < -0.3 is 9.88 Å². The first-order valence-electron chi connectivity index (χ1n) is 7.74. The van der Waals surface area contributed by atoms with Crippen LogP contribution in [-0.4, -0.2) is 20.3 Å². The molecule has 0 aliphatic carbocycles. The molecule has 0 fully saturated rings. The molecule has 1 aromatic carbocycles. The van der Waals surface area contributed by atoms with E-state index < -0.39 is 0 Å². The summed E-state index contributed by atoms with van der Waals surface area (Å²) in [4.78, 5) is 12.6. The fourth-order valence-corrected chi connectivity index (χ4v) is 3.64. The summed E-state index contributed by atoms with van der Waals surface area (Å²) in [5.74, 6) is -0.0907. The van der Waals surface area contributed by atoms with Crippen molar-refractivity contribution in [1.29, 1.82) is 0 Å². The molecule has 0 unspecified atom stereocenters. The molecule has 6 heteroatoms. The highest BCUT2D eigenvalue weighted by Crippen LogP contribution is 2.26. The van der Waals surface area contributed by atoms with Crippen LogP contribution >= 0.6 is 11.3 Å². The maximum absolute atomic E-state index is 12.6. The highest BCUT2D eigenvalue weighted by Gasteiger charge is 2.15. The van der Waals surface area contributed by atoms with E-state index in [-0.39, 0.29) is 5.91 Å². The molecule has 0 spiro atoms. The molecule has 0 atom stereocenters. The molecule has 0 bridgehead atoms. The molecule has 3 aromatic heterocycles. The summed E-state index contributed by atoms with van der Waals surface area (Å²) >= 11 is 1.65. The number of carbonyl (C=O) groups is 1. The van der Waals surface area contributed by atoms with E-state index in [0.29, 0.717) is 5.69 Å². The number of aryl methyl sites for hydroxylation is 1. The van der Waals surface area contributed by atoms with Crippen molar-refractivity contribution in [1.82, 2.24) is 14.3 Å². The third-order valence-corrected chi connectivity index (χ3v) is 4.82. The van der Waals surface area contributed by atoms with Crippen LogP contribution in [0.15, 0.2) is 60.2 Å². The Labute approximate surface area is 143 Å². The van der Waals surface area contributed by atoms with Crippen molar-refractivity contribution in [2.75, 3.05) is 5.32 Å². The van der Waals surface area contributed by atoms with E-state index in [1.165, 1.54) is 0 Å². The van der Waals surface area contributed by atoms with Crippen LogP contribution in [0.5, 0.6) is 0 Å². The van der Waals surface area contributed by atoms with Crippen LogP contribution in [-0.2, 0) is 6.54 Å². The number of amides is 1.